The number of hydrogen-bond donors (Lipinski definition) is 3. The number of amides is 1. The highest BCUT2D eigenvalue weighted by atomic mass is 16.4. The van der Waals surface area contributed by atoms with Gasteiger partial charge in [0.05, 0.1) is 18.8 Å². The van der Waals surface area contributed by atoms with E-state index < -0.39 is 23.5 Å². The van der Waals surface area contributed by atoms with Crippen molar-refractivity contribution in [2.75, 3.05) is 0 Å². The van der Waals surface area contributed by atoms with Crippen molar-refractivity contribution in [3.05, 3.63) is 28.4 Å². The number of aromatic nitrogens is 2. The fraction of sp³-hybridized carbons (Fsp3) is 0.500. The number of carbonyl (C=O) groups is 2. The van der Waals surface area contributed by atoms with Gasteiger partial charge in [0, 0.05) is 6.04 Å². The Kier molecular flexibility index (Phi) is 5.23. The molecule has 1 heterocycles. The van der Waals surface area contributed by atoms with Gasteiger partial charge in [-0.3, -0.25) is 19.4 Å². The van der Waals surface area contributed by atoms with Crippen molar-refractivity contribution in [2.45, 2.75) is 32.7 Å². The molecule has 0 fully saturated rings. The van der Waals surface area contributed by atoms with Gasteiger partial charge in [0.25, 0.3) is 11.5 Å². The van der Waals surface area contributed by atoms with Gasteiger partial charge in [-0.25, -0.2) is 0 Å². The fourth-order valence-corrected chi connectivity index (χ4v) is 1.73. The second-order valence-electron chi connectivity index (χ2n) is 4.71. The van der Waals surface area contributed by atoms with Crippen molar-refractivity contribution >= 4 is 11.9 Å². The van der Waals surface area contributed by atoms with E-state index in [-0.39, 0.29) is 18.0 Å². The van der Waals surface area contributed by atoms with Crippen molar-refractivity contribution in [3.63, 3.8) is 0 Å². The molecule has 1 aromatic rings. The van der Waals surface area contributed by atoms with Gasteiger partial charge in [-0.15, -0.1) is 0 Å². The quantitative estimate of drug-likeness (QED) is 0.690. The number of nitrogens with one attached hydrogen (secondary N) is 2. The highest BCUT2D eigenvalue weighted by Crippen LogP contribution is 2.08. The van der Waals surface area contributed by atoms with E-state index in [0.29, 0.717) is 6.42 Å². The molecule has 0 saturated heterocycles. The standard InChI is InChI=1S/C12H17N3O4/c1-7(2)3-8(4-11(17)18)14-12(19)9-5-13-6-10(16)15-9/h5-8H,3-4H2,1-2H3,(H,14,19)(H,15,16)(H,17,18). The van der Waals surface area contributed by atoms with Gasteiger partial charge < -0.3 is 15.4 Å². The summed E-state index contributed by atoms with van der Waals surface area (Å²) in [4.78, 5) is 39.6. The number of rotatable bonds is 6. The van der Waals surface area contributed by atoms with Crippen LogP contribution in [0.1, 0.15) is 37.2 Å². The van der Waals surface area contributed by atoms with Gasteiger partial charge >= 0.3 is 5.97 Å². The molecule has 19 heavy (non-hydrogen) atoms. The second kappa shape index (κ2) is 6.67. The maximum absolute atomic E-state index is 11.9. The molecule has 104 valence electrons. The van der Waals surface area contributed by atoms with Crippen LogP contribution in [-0.2, 0) is 4.79 Å². The molecule has 0 aliphatic heterocycles. The molecule has 7 heteroatoms. The Morgan fingerprint density at radius 2 is 2.11 bits per heavy atom. The van der Waals surface area contributed by atoms with Crippen LogP contribution in [0.3, 0.4) is 0 Å². The smallest absolute Gasteiger partial charge is 0.305 e. The predicted octanol–water partition coefficient (Wildman–Crippen LogP) is 0.389. The minimum atomic E-state index is -0.981. The third-order valence-electron chi connectivity index (χ3n) is 2.41. The first-order chi connectivity index (χ1) is 8.88. The Balaban J connectivity index is 2.75. The van der Waals surface area contributed by atoms with E-state index in [1.165, 1.54) is 6.20 Å². The summed E-state index contributed by atoms with van der Waals surface area (Å²) in [5, 5.41) is 11.4. The summed E-state index contributed by atoms with van der Waals surface area (Å²) in [7, 11) is 0. The summed E-state index contributed by atoms with van der Waals surface area (Å²) in [6.07, 6.45) is 2.67. The fourth-order valence-electron chi connectivity index (χ4n) is 1.73. The van der Waals surface area contributed by atoms with Crippen LogP contribution in [0.15, 0.2) is 17.2 Å². The average molecular weight is 267 g/mol. The first-order valence-corrected chi connectivity index (χ1v) is 5.95. The van der Waals surface area contributed by atoms with Crippen LogP contribution in [0.25, 0.3) is 0 Å². The van der Waals surface area contributed by atoms with Crippen molar-refractivity contribution in [3.8, 4) is 0 Å². The number of carboxylic acid groups (broad SMARTS) is 1. The molecule has 0 aromatic carbocycles. The minimum Gasteiger partial charge on any atom is -0.481 e. The number of aromatic amines is 1. The Bertz CT molecular complexity index is 510. The van der Waals surface area contributed by atoms with Gasteiger partial charge in [-0.1, -0.05) is 13.8 Å². The maximum Gasteiger partial charge on any atom is 0.305 e. The lowest BCUT2D eigenvalue weighted by molar-refractivity contribution is -0.137. The number of carbonyl (C=O) groups excluding carboxylic acids is 1. The summed E-state index contributed by atoms with van der Waals surface area (Å²) in [6, 6.07) is -0.478. The molecule has 0 bridgehead atoms. The second-order valence-corrected chi connectivity index (χ2v) is 4.71. The lowest BCUT2D eigenvalue weighted by Gasteiger charge is -2.18. The molecule has 1 atom stereocenters. The predicted molar refractivity (Wildman–Crippen MR) is 67.8 cm³/mol. The summed E-state index contributed by atoms with van der Waals surface area (Å²) >= 11 is 0. The largest absolute Gasteiger partial charge is 0.481 e. The first-order valence-electron chi connectivity index (χ1n) is 5.95. The van der Waals surface area contributed by atoms with E-state index in [2.05, 4.69) is 15.3 Å². The van der Waals surface area contributed by atoms with Crippen LogP contribution in [0, 0.1) is 5.92 Å². The summed E-state index contributed by atoms with van der Waals surface area (Å²) in [6.45, 7) is 3.87. The molecule has 3 N–H and O–H groups in total. The number of H-pyrrole nitrogens is 1. The van der Waals surface area contributed by atoms with Gasteiger partial charge in [-0.05, 0) is 12.3 Å². The van der Waals surface area contributed by atoms with E-state index >= 15 is 0 Å². The zero-order valence-electron chi connectivity index (χ0n) is 10.8. The van der Waals surface area contributed by atoms with Crippen LogP contribution in [-0.4, -0.2) is 33.0 Å². The first kappa shape index (κ1) is 14.9. The lowest BCUT2D eigenvalue weighted by atomic mass is 10.0. The molecule has 1 amide bonds. The average Bonchev–Trinajstić information content (AvgIpc) is 2.26. The van der Waals surface area contributed by atoms with E-state index in [4.69, 9.17) is 5.11 Å². The highest BCUT2D eigenvalue weighted by molar-refractivity contribution is 5.92. The van der Waals surface area contributed by atoms with E-state index in [9.17, 15) is 14.4 Å². The highest BCUT2D eigenvalue weighted by Gasteiger charge is 2.18. The van der Waals surface area contributed by atoms with Gasteiger partial charge in [0.2, 0.25) is 0 Å². The topological polar surface area (TPSA) is 112 Å². The molecular weight excluding hydrogens is 250 g/mol. The van der Waals surface area contributed by atoms with Crippen LogP contribution in [0.5, 0.6) is 0 Å². The van der Waals surface area contributed by atoms with E-state index in [1.807, 2.05) is 13.8 Å². The van der Waals surface area contributed by atoms with Crippen molar-refractivity contribution in [2.24, 2.45) is 5.92 Å². The molecule has 0 aliphatic carbocycles. The maximum atomic E-state index is 11.9. The molecule has 7 nitrogen and oxygen atoms in total. The van der Waals surface area contributed by atoms with Crippen molar-refractivity contribution < 1.29 is 14.7 Å². The molecule has 0 aliphatic rings. The normalized spacial score (nSPS) is 12.2. The number of nitrogens with zero attached hydrogens (tertiary/aromatic N) is 1. The van der Waals surface area contributed by atoms with Crippen LogP contribution >= 0.6 is 0 Å². The molecule has 0 spiro atoms. The Labute approximate surface area is 110 Å². The molecule has 1 aromatic heterocycles. The van der Waals surface area contributed by atoms with Gasteiger partial charge in [-0.2, -0.15) is 0 Å². The molecule has 0 radical (unpaired) electrons. The van der Waals surface area contributed by atoms with Crippen LogP contribution < -0.4 is 10.9 Å². The van der Waals surface area contributed by atoms with Gasteiger partial charge in [0.15, 0.2) is 0 Å². The summed E-state index contributed by atoms with van der Waals surface area (Å²) in [5.74, 6) is -1.26. The Hall–Kier alpha value is -2.18. The van der Waals surface area contributed by atoms with E-state index in [1.54, 1.807) is 0 Å². The SMILES string of the molecule is CC(C)CC(CC(=O)O)NC(=O)c1cncc(=O)[nH]1. The third-order valence-corrected chi connectivity index (χ3v) is 2.41. The Morgan fingerprint density at radius 3 is 2.63 bits per heavy atom. The number of hydrogen-bond acceptors (Lipinski definition) is 4. The Morgan fingerprint density at radius 1 is 1.42 bits per heavy atom. The monoisotopic (exact) mass is 267 g/mol. The zero-order valence-corrected chi connectivity index (χ0v) is 10.8. The molecule has 1 unspecified atom stereocenters. The zero-order chi connectivity index (χ0) is 14.4. The minimum absolute atomic E-state index is 0.0200. The van der Waals surface area contributed by atoms with Crippen LogP contribution in [0.4, 0.5) is 0 Å². The van der Waals surface area contributed by atoms with Gasteiger partial charge in [0.1, 0.15) is 5.69 Å². The van der Waals surface area contributed by atoms with Crippen molar-refractivity contribution in [1.29, 1.82) is 0 Å². The van der Waals surface area contributed by atoms with E-state index in [0.717, 1.165) is 6.20 Å². The van der Waals surface area contributed by atoms with Crippen molar-refractivity contribution in [1.82, 2.24) is 15.3 Å². The van der Waals surface area contributed by atoms with Crippen LogP contribution in [0.2, 0.25) is 0 Å². The summed E-state index contributed by atoms with van der Waals surface area (Å²) < 4.78 is 0. The molecule has 1 rings (SSSR count). The molecule has 0 saturated carbocycles. The number of carboxylic acids is 1. The number of aliphatic carboxylic acids is 1. The summed E-state index contributed by atoms with van der Waals surface area (Å²) in [5.41, 5.74) is -0.460. The third kappa shape index (κ3) is 5.33. The lowest BCUT2D eigenvalue weighted by Crippen LogP contribution is -2.38. The molecular formula is C12H17N3O4.